The molecule has 7 nitrogen and oxygen atoms in total. The molecule has 0 amide bonds. The van der Waals surface area contributed by atoms with E-state index in [2.05, 4.69) is 14.8 Å². The van der Waals surface area contributed by atoms with E-state index in [0.717, 1.165) is 10.6 Å². The van der Waals surface area contributed by atoms with Crippen LogP contribution in [0, 0.1) is 13.8 Å². The second kappa shape index (κ2) is 6.50. The Kier molecular flexibility index (Phi) is 4.57. The van der Waals surface area contributed by atoms with Crippen LogP contribution < -0.4 is 9.46 Å². The second-order valence-corrected chi connectivity index (χ2v) is 8.03. The first kappa shape index (κ1) is 16.9. The van der Waals surface area contributed by atoms with Gasteiger partial charge in [-0.05, 0) is 26.8 Å². The smallest absolute Gasteiger partial charge is 0.260 e. The van der Waals surface area contributed by atoms with E-state index in [0.29, 0.717) is 23.0 Å². The Morgan fingerprint density at radius 2 is 2.04 bits per heavy atom. The molecule has 0 unspecified atom stereocenters. The van der Waals surface area contributed by atoms with Crippen LogP contribution >= 0.6 is 11.3 Å². The quantitative estimate of drug-likeness (QED) is 0.723. The number of nitrogens with zero attached hydrogens (tertiary/aromatic N) is 3. The van der Waals surface area contributed by atoms with E-state index in [9.17, 15) is 8.42 Å². The van der Waals surface area contributed by atoms with E-state index < -0.39 is 10.0 Å². The number of ether oxygens (including phenoxy) is 1. The van der Waals surface area contributed by atoms with Gasteiger partial charge in [-0.25, -0.2) is 18.1 Å². The van der Waals surface area contributed by atoms with Gasteiger partial charge >= 0.3 is 0 Å². The zero-order valence-corrected chi connectivity index (χ0v) is 15.2. The summed E-state index contributed by atoms with van der Waals surface area (Å²) in [5.41, 5.74) is 1.20. The van der Waals surface area contributed by atoms with Crippen LogP contribution in [0.25, 0.3) is 4.96 Å². The summed E-state index contributed by atoms with van der Waals surface area (Å²) in [6, 6.07) is 7.35. The Morgan fingerprint density at radius 3 is 2.79 bits per heavy atom. The molecule has 0 fully saturated rings. The molecule has 0 saturated carbocycles. The zero-order chi connectivity index (χ0) is 17.3. The molecule has 1 N–H and O–H groups in total. The molecule has 3 rings (SSSR count). The molecule has 2 aromatic heterocycles. The lowest BCUT2D eigenvalue weighted by Crippen LogP contribution is -2.25. The highest BCUT2D eigenvalue weighted by atomic mass is 32.2. The number of rotatable bonds is 6. The van der Waals surface area contributed by atoms with Gasteiger partial charge in [0.05, 0.1) is 12.3 Å². The van der Waals surface area contributed by atoms with Crippen LogP contribution in [-0.2, 0) is 16.6 Å². The molecule has 24 heavy (non-hydrogen) atoms. The molecule has 128 valence electrons. The van der Waals surface area contributed by atoms with Crippen molar-refractivity contribution in [3.8, 4) is 5.75 Å². The third-order valence-corrected chi connectivity index (χ3v) is 5.73. The van der Waals surface area contributed by atoms with Crippen molar-refractivity contribution in [3.05, 3.63) is 40.5 Å². The van der Waals surface area contributed by atoms with Crippen molar-refractivity contribution in [1.29, 1.82) is 0 Å². The first-order chi connectivity index (χ1) is 11.4. The maximum absolute atomic E-state index is 12.7. The number of sulfonamides is 1. The Morgan fingerprint density at radius 1 is 1.29 bits per heavy atom. The maximum Gasteiger partial charge on any atom is 0.260 e. The van der Waals surface area contributed by atoms with Crippen LogP contribution in [0.1, 0.15) is 23.2 Å². The number of hydrogen-bond donors (Lipinski definition) is 1. The van der Waals surface area contributed by atoms with Crippen LogP contribution in [-0.4, -0.2) is 29.6 Å². The minimum absolute atomic E-state index is 0.0794. The number of para-hydroxylation sites is 1. The fraction of sp³-hybridized carbons (Fsp3) is 0.333. The van der Waals surface area contributed by atoms with E-state index >= 15 is 0 Å². The standard InChI is InChI=1S/C15H18N4O3S2/c1-4-22-13-8-6-5-7-12(13)9-16-24(20,21)14-10(2)17-15-19(14)18-11(3)23-15/h5-8,16H,4,9H2,1-3H3. The van der Waals surface area contributed by atoms with Crippen LogP contribution in [0.4, 0.5) is 0 Å². The summed E-state index contributed by atoms with van der Waals surface area (Å²) < 4.78 is 35.0. The number of imidazole rings is 1. The minimum Gasteiger partial charge on any atom is -0.494 e. The molecule has 0 aliphatic carbocycles. The van der Waals surface area contributed by atoms with Crippen molar-refractivity contribution in [3.63, 3.8) is 0 Å². The Hall–Kier alpha value is -1.97. The van der Waals surface area contributed by atoms with Crippen LogP contribution in [0.5, 0.6) is 5.75 Å². The molecule has 0 aliphatic heterocycles. The molecular weight excluding hydrogens is 348 g/mol. The lowest BCUT2D eigenvalue weighted by Gasteiger charge is -2.11. The van der Waals surface area contributed by atoms with Gasteiger partial charge in [-0.2, -0.15) is 9.61 Å². The Bertz CT molecular complexity index is 976. The van der Waals surface area contributed by atoms with Gasteiger partial charge in [0.15, 0.2) is 5.03 Å². The van der Waals surface area contributed by atoms with Crippen molar-refractivity contribution in [2.45, 2.75) is 32.3 Å². The van der Waals surface area contributed by atoms with Crippen LogP contribution in [0.2, 0.25) is 0 Å². The number of hydrogen-bond acceptors (Lipinski definition) is 6. The van der Waals surface area contributed by atoms with E-state index in [1.54, 1.807) is 6.92 Å². The average molecular weight is 366 g/mol. The molecule has 0 spiro atoms. The van der Waals surface area contributed by atoms with E-state index in [1.165, 1.54) is 15.9 Å². The number of benzene rings is 1. The maximum atomic E-state index is 12.7. The molecule has 0 radical (unpaired) electrons. The summed E-state index contributed by atoms with van der Waals surface area (Å²) >= 11 is 1.36. The number of nitrogens with one attached hydrogen (secondary N) is 1. The fourth-order valence-corrected chi connectivity index (χ4v) is 4.54. The highest BCUT2D eigenvalue weighted by Crippen LogP contribution is 2.23. The summed E-state index contributed by atoms with van der Waals surface area (Å²) in [5.74, 6) is 0.669. The van der Waals surface area contributed by atoms with Gasteiger partial charge in [-0.15, -0.1) is 0 Å². The number of aromatic nitrogens is 3. The van der Waals surface area contributed by atoms with Gasteiger partial charge < -0.3 is 4.74 Å². The summed E-state index contributed by atoms with van der Waals surface area (Å²) in [6.07, 6.45) is 0. The normalized spacial score (nSPS) is 12.0. The third-order valence-electron chi connectivity index (χ3n) is 3.41. The summed E-state index contributed by atoms with van der Waals surface area (Å²) in [4.78, 5) is 4.85. The molecule has 1 aromatic carbocycles. The number of fused-ring (bicyclic) bond motifs is 1. The van der Waals surface area contributed by atoms with Crippen molar-refractivity contribution >= 4 is 26.3 Å². The summed E-state index contributed by atoms with van der Waals surface area (Å²) in [5, 5.41) is 5.07. The van der Waals surface area contributed by atoms with Crippen LogP contribution in [0.3, 0.4) is 0 Å². The molecule has 0 bridgehead atoms. The number of aryl methyl sites for hydroxylation is 2. The largest absolute Gasteiger partial charge is 0.494 e. The molecular formula is C15H18N4O3S2. The summed E-state index contributed by atoms with van der Waals surface area (Å²) in [7, 11) is -3.75. The lowest BCUT2D eigenvalue weighted by molar-refractivity contribution is 0.336. The lowest BCUT2D eigenvalue weighted by atomic mass is 10.2. The van der Waals surface area contributed by atoms with E-state index in [4.69, 9.17) is 4.74 Å². The van der Waals surface area contributed by atoms with E-state index in [1.807, 2.05) is 38.1 Å². The Balaban J connectivity index is 1.90. The SMILES string of the molecule is CCOc1ccccc1CNS(=O)(=O)c1c(C)nc2sc(C)nn12. The van der Waals surface area contributed by atoms with Gasteiger partial charge in [0.2, 0.25) is 4.96 Å². The van der Waals surface area contributed by atoms with Crippen molar-refractivity contribution in [1.82, 2.24) is 19.3 Å². The third kappa shape index (κ3) is 3.14. The molecule has 3 aromatic rings. The van der Waals surface area contributed by atoms with Crippen molar-refractivity contribution in [2.24, 2.45) is 0 Å². The first-order valence-electron chi connectivity index (χ1n) is 7.45. The molecule has 9 heteroatoms. The predicted octanol–water partition coefficient (Wildman–Crippen LogP) is 2.28. The fourth-order valence-electron chi connectivity index (χ4n) is 2.42. The molecule has 0 aliphatic rings. The molecule has 2 heterocycles. The molecule has 0 atom stereocenters. The summed E-state index contributed by atoms with van der Waals surface area (Å²) in [6.45, 7) is 6.02. The van der Waals surface area contributed by atoms with Crippen LogP contribution in [0.15, 0.2) is 29.3 Å². The monoisotopic (exact) mass is 366 g/mol. The molecule has 0 saturated heterocycles. The first-order valence-corrected chi connectivity index (χ1v) is 9.75. The van der Waals surface area contributed by atoms with Gasteiger partial charge in [-0.1, -0.05) is 29.5 Å². The highest BCUT2D eigenvalue weighted by Gasteiger charge is 2.25. The van der Waals surface area contributed by atoms with Gasteiger partial charge in [0, 0.05) is 12.1 Å². The van der Waals surface area contributed by atoms with E-state index in [-0.39, 0.29) is 11.6 Å². The topological polar surface area (TPSA) is 85.6 Å². The van der Waals surface area contributed by atoms with Gasteiger partial charge in [0.1, 0.15) is 10.8 Å². The predicted molar refractivity (Wildman–Crippen MR) is 92.0 cm³/mol. The van der Waals surface area contributed by atoms with Gasteiger partial charge in [0.25, 0.3) is 10.0 Å². The van der Waals surface area contributed by atoms with Crippen molar-refractivity contribution in [2.75, 3.05) is 6.61 Å². The second-order valence-electron chi connectivity index (χ2n) is 5.18. The van der Waals surface area contributed by atoms with Gasteiger partial charge in [-0.3, -0.25) is 0 Å². The minimum atomic E-state index is -3.75. The zero-order valence-electron chi connectivity index (χ0n) is 13.6. The highest BCUT2D eigenvalue weighted by molar-refractivity contribution is 7.89. The Labute approximate surface area is 144 Å². The van der Waals surface area contributed by atoms with Crippen molar-refractivity contribution < 1.29 is 13.2 Å². The average Bonchev–Trinajstić information content (AvgIpc) is 3.01.